The molecule has 3 rings (SSSR count). The van der Waals surface area contributed by atoms with Gasteiger partial charge in [0.1, 0.15) is 5.82 Å². The Balaban J connectivity index is 1.47. The van der Waals surface area contributed by atoms with Crippen LogP contribution in [0.2, 0.25) is 0 Å². The van der Waals surface area contributed by atoms with Crippen molar-refractivity contribution in [1.29, 1.82) is 0 Å². The molecule has 1 fully saturated rings. The summed E-state index contributed by atoms with van der Waals surface area (Å²) >= 11 is 0. The number of hydrogen-bond donors (Lipinski definition) is 1. The van der Waals surface area contributed by atoms with Crippen LogP contribution in [-0.2, 0) is 11.2 Å². The normalized spacial score (nSPS) is 20.0. The van der Waals surface area contributed by atoms with E-state index in [1.165, 1.54) is 12.1 Å². The maximum atomic E-state index is 13.2. The van der Waals surface area contributed by atoms with Gasteiger partial charge in [0.05, 0.1) is 0 Å². The average molecular weight is 284 g/mol. The van der Waals surface area contributed by atoms with Crippen molar-refractivity contribution in [2.24, 2.45) is 5.92 Å². The van der Waals surface area contributed by atoms with E-state index in [4.69, 9.17) is 0 Å². The number of hydrogen-bond acceptors (Lipinski definition) is 2. The smallest absolute Gasteiger partial charge is 0.223 e. The van der Waals surface area contributed by atoms with E-state index in [0.717, 1.165) is 24.0 Å². The molecule has 1 N–H and O–H groups in total. The van der Waals surface area contributed by atoms with Crippen LogP contribution in [0.3, 0.4) is 0 Å². The van der Waals surface area contributed by atoms with E-state index in [2.05, 4.69) is 10.3 Å². The number of aromatic nitrogens is 1. The van der Waals surface area contributed by atoms with Crippen molar-refractivity contribution in [3.05, 3.63) is 65.7 Å². The number of amides is 1. The van der Waals surface area contributed by atoms with Crippen LogP contribution in [0, 0.1) is 11.7 Å². The molecule has 0 aliphatic heterocycles. The van der Waals surface area contributed by atoms with Crippen molar-refractivity contribution in [3.63, 3.8) is 0 Å². The number of carbonyl (C=O) groups is 1. The predicted octanol–water partition coefficient (Wildman–Crippen LogP) is 2.68. The third-order valence-corrected chi connectivity index (χ3v) is 3.84. The summed E-state index contributed by atoms with van der Waals surface area (Å²) in [6.45, 7) is 0.608. The summed E-state index contributed by atoms with van der Waals surface area (Å²) in [4.78, 5) is 16.1. The lowest BCUT2D eigenvalue weighted by Gasteiger charge is -2.05. The largest absolute Gasteiger partial charge is 0.356 e. The van der Waals surface area contributed by atoms with Gasteiger partial charge in [-0.25, -0.2) is 4.39 Å². The van der Waals surface area contributed by atoms with Gasteiger partial charge in [-0.3, -0.25) is 9.78 Å². The molecule has 1 saturated carbocycles. The summed E-state index contributed by atoms with van der Waals surface area (Å²) < 4.78 is 13.2. The second kappa shape index (κ2) is 6.04. The van der Waals surface area contributed by atoms with E-state index in [9.17, 15) is 9.18 Å². The van der Waals surface area contributed by atoms with Crippen LogP contribution in [-0.4, -0.2) is 17.4 Å². The van der Waals surface area contributed by atoms with Crippen LogP contribution in [0.15, 0.2) is 48.8 Å². The maximum Gasteiger partial charge on any atom is 0.223 e. The minimum absolute atomic E-state index is 0.0132. The van der Waals surface area contributed by atoms with Gasteiger partial charge in [0.2, 0.25) is 5.91 Å². The first-order valence-corrected chi connectivity index (χ1v) is 7.16. The van der Waals surface area contributed by atoms with Crippen LogP contribution >= 0.6 is 0 Å². The van der Waals surface area contributed by atoms with Crippen molar-refractivity contribution >= 4 is 5.91 Å². The zero-order chi connectivity index (χ0) is 14.7. The molecule has 21 heavy (non-hydrogen) atoms. The van der Waals surface area contributed by atoms with E-state index in [1.54, 1.807) is 18.5 Å². The topological polar surface area (TPSA) is 42.0 Å². The van der Waals surface area contributed by atoms with Gasteiger partial charge >= 0.3 is 0 Å². The molecule has 1 aromatic heterocycles. The van der Waals surface area contributed by atoms with E-state index < -0.39 is 0 Å². The van der Waals surface area contributed by atoms with Crippen LogP contribution in [0.1, 0.15) is 23.5 Å². The lowest BCUT2D eigenvalue weighted by Crippen LogP contribution is -2.27. The van der Waals surface area contributed by atoms with Gasteiger partial charge in [-0.2, -0.15) is 0 Å². The quantitative estimate of drug-likeness (QED) is 0.917. The molecule has 3 nitrogen and oxygen atoms in total. The number of nitrogens with zero attached hydrogens (tertiary/aromatic N) is 1. The van der Waals surface area contributed by atoms with Crippen LogP contribution in [0.5, 0.6) is 0 Å². The van der Waals surface area contributed by atoms with E-state index in [1.807, 2.05) is 18.2 Å². The lowest BCUT2D eigenvalue weighted by molar-refractivity contribution is -0.122. The second-order valence-electron chi connectivity index (χ2n) is 5.41. The van der Waals surface area contributed by atoms with E-state index >= 15 is 0 Å². The Bertz CT molecular complexity index is 630. The monoisotopic (exact) mass is 284 g/mol. The van der Waals surface area contributed by atoms with Gasteiger partial charge in [-0.15, -0.1) is 0 Å². The molecule has 0 saturated heterocycles. The first-order chi connectivity index (χ1) is 10.2. The molecule has 108 valence electrons. The SMILES string of the molecule is O=C(NCCc1cccnc1)C1CC1c1cccc(F)c1. The third kappa shape index (κ3) is 3.45. The summed E-state index contributed by atoms with van der Waals surface area (Å²) in [5.41, 5.74) is 2.03. The Kier molecular flexibility index (Phi) is 3.95. The zero-order valence-corrected chi connectivity index (χ0v) is 11.6. The third-order valence-electron chi connectivity index (χ3n) is 3.84. The molecule has 4 heteroatoms. The first-order valence-electron chi connectivity index (χ1n) is 7.16. The molecular formula is C17H17FN2O. The van der Waals surface area contributed by atoms with Crippen LogP contribution in [0.4, 0.5) is 4.39 Å². The summed E-state index contributed by atoms with van der Waals surface area (Å²) in [5, 5.41) is 2.95. The molecule has 2 atom stereocenters. The Morgan fingerprint density at radius 2 is 2.24 bits per heavy atom. The molecule has 0 radical (unpaired) electrons. The lowest BCUT2D eigenvalue weighted by atomic mass is 10.1. The average Bonchev–Trinajstić information content (AvgIpc) is 3.29. The molecule has 1 heterocycles. The van der Waals surface area contributed by atoms with Crippen molar-refractivity contribution in [3.8, 4) is 0 Å². The standard InChI is InChI=1S/C17H17FN2O/c18-14-5-1-4-13(9-14)15-10-16(15)17(21)20-8-6-12-3-2-7-19-11-12/h1-5,7,9,11,15-16H,6,8,10H2,(H,20,21). The highest BCUT2D eigenvalue weighted by atomic mass is 19.1. The van der Waals surface area contributed by atoms with Gasteiger partial charge in [0, 0.05) is 24.9 Å². The minimum Gasteiger partial charge on any atom is -0.356 e. The molecule has 2 aromatic rings. The summed E-state index contributed by atoms with van der Waals surface area (Å²) in [5.74, 6) is -0.0249. The number of pyridine rings is 1. The first kappa shape index (κ1) is 13.7. The highest BCUT2D eigenvalue weighted by Crippen LogP contribution is 2.47. The Morgan fingerprint density at radius 3 is 3.00 bits per heavy atom. The molecule has 1 aromatic carbocycles. The molecule has 2 unspecified atom stereocenters. The molecule has 0 bridgehead atoms. The van der Waals surface area contributed by atoms with Crippen molar-refractivity contribution in [1.82, 2.24) is 10.3 Å². The van der Waals surface area contributed by atoms with Gasteiger partial charge in [0.15, 0.2) is 0 Å². The van der Waals surface area contributed by atoms with E-state index in [0.29, 0.717) is 6.54 Å². The van der Waals surface area contributed by atoms with Crippen molar-refractivity contribution in [2.45, 2.75) is 18.8 Å². The van der Waals surface area contributed by atoms with E-state index in [-0.39, 0.29) is 23.6 Å². The molecule has 1 aliphatic rings. The highest BCUT2D eigenvalue weighted by molar-refractivity contribution is 5.82. The van der Waals surface area contributed by atoms with Gasteiger partial charge in [-0.05, 0) is 48.1 Å². The fourth-order valence-corrected chi connectivity index (χ4v) is 2.60. The van der Waals surface area contributed by atoms with Crippen LogP contribution in [0.25, 0.3) is 0 Å². The second-order valence-corrected chi connectivity index (χ2v) is 5.41. The van der Waals surface area contributed by atoms with Gasteiger partial charge in [-0.1, -0.05) is 18.2 Å². The molecule has 1 aliphatic carbocycles. The Labute approximate surface area is 123 Å². The summed E-state index contributed by atoms with van der Waals surface area (Å²) in [7, 11) is 0. The molecule has 0 spiro atoms. The number of nitrogens with one attached hydrogen (secondary N) is 1. The van der Waals surface area contributed by atoms with Gasteiger partial charge < -0.3 is 5.32 Å². The predicted molar refractivity (Wildman–Crippen MR) is 78.2 cm³/mol. The molecular weight excluding hydrogens is 267 g/mol. The fraction of sp³-hybridized carbons (Fsp3) is 0.294. The number of rotatable bonds is 5. The number of benzene rings is 1. The summed E-state index contributed by atoms with van der Waals surface area (Å²) in [6, 6.07) is 10.4. The fourth-order valence-electron chi connectivity index (χ4n) is 2.60. The van der Waals surface area contributed by atoms with Gasteiger partial charge in [0.25, 0.3) is 0 Å². The van der Waals surface area contributed by atoms with Crippen LogP contribution < -0.4 is 5.32 Å². The van der Waals surface area contributed by atoms with Crippen molar-refractivity contribution < 1.29 is 9.18 Å². The highest BCUT2D eigenvalue weighted by Gasteiger charge is 2.43. The maximum absolute atomic E-state index is 13.2. The molecule has 1 amide bonds. The Hall–Kier alpha value is -2.23. The number of carbonyl (C=O) groups excluding carboxylic acids is 1. The Morgan fingerprint density at radius 1 is 1.33 bits per heavy atom. The number of halogens is 1. The zero-order valence-electron chi connectivity index (χ0n) is 11.6. The van der Waals surface area contributed by atoms with Crippen molar-refractivity contribution in [2.75, 3.05) is 6.54 Å². The minimum atomic E-state index is -0.241. The summed E-state index contributed by atoms with van der Waals surface area (Å²) in [6.07, 6.45) is 5.12.